The first-order valence-electron chi connectivity index (χ1n) is 8.96. The summed E-state index contributed by atoms with van der Waals surface area (Å²) in [5.41, 5.74) is 5.75. The smallest absolute Gasteiger partial charge is 1.00 e. The van der Waals surface area contributed by atoms with E-state index in [9.17, 15) is 0 Å². The van der Waals surface area contributed by atoms with Crippen molar-refractivity contribution >= 4 is 21.5 Å². The molecule has 0 fully saturated rings. The van der Waals surface area contributed by atoms with Crippen LogP contribution in [-0.4, -0.2) is 0 Å². The van der Waals surface area contributed by atoms with Crippen molar-refractivity contribution in [2.24, 2.45) is 0 Å². The van der Waals surface area contributed by atoms with E-state index in [4.69, 9.17) is 0 Å². The van der Waals surface area contributed by atoms with Crippen LogP contribution >= 0.6 is 0 Å². The molecule has 3 aromatic carbocycles. The van der Waals surface area contributed by atoms with Gasteiger partial charge in [0.1, 0.15) is 0 Å². The first-order valence-corrected chi connectivity index (χ1v) is 8.96. The molecule has 0 nitrogen and oxygen atoms in total. The second kappa shape index (κ2) is 12.0. The third-order valence-corrected chi connectivity index (χ3v) is 4.87. The summed E-state index contributed by atoms with van der Waals surface area (Å²) in [4.78, 5) is 0. The van der Waals surface area contributed by atoms with Crippen LogP contribution in [0, 0.1) is 19.9 Å². The van der Waals surface area contributed by atoms with Crippen molar-refractivity contribution in [3.8, 4) is 0 Å². The van der Waals surface area contributed by atoms with Crippen LogP contribution in [-0.2, 0) is 26.2 Å². The van der Waals surface area contributed by atoms with Gasteiger partial charge in [0.2, 0.25) is 0 Å². The normalized spacial score (nSPS) is 12.1. The third-order valence-electron chi connectivity index (χ3n) is 4.87. The maximum Gasteiger partial charge on any atom is 4.00 e. The zero-order chi connectivity index (χ0) is 17.1. The zero-order valence-corrected chi connectivity index (χ0v) is 20.5. The SMILES string of the molecule is CCC1=C(CC)C[C-]=C1.Cc1ccc2c(c1)[cH-]c1cc(C)ccc12.[Cl-].[Cl-].[Zr+4]. The Labute approximate surface area is 195 Å². The molecular weight excluding hydrogens is 450 g/mol. The summed E-state index contributed by atoms with van der Waals surface area (Å²) < 4.78 is 0. The molecule has 0 unspecified atom stereocenters. The van der Waals surface area contributed by atoms with Gasteiger partial charge < -0.3 is 24.8 Å². The summed E-state index contributed by atoms with van der Waals surface area (Å²) >= 11 is 0. The van der Waals surface area contributed by atoms with Crippen molar-refractivity contribution in [2.75, 3.05) is 0 Å². The number of allylic oxidation sites excluding steroid dienone is 4. The van der Waals surface area contributed by atoms with Crippen molar-refractivity contribution in [2.45, 2.75) is 47.0 Å². The molecule has 0 atom stereocenters. The summed E-state index contributed by atoms with van der Waals surface area (Å²) in [6, 6.07) is 15.6. The molecule has 1 aliphatic rings. The second-order valence-electron chi connectivity index (χ2n) is 6.69. The molecule has 4 rings (SSSR count). The van der Waals surface area contributed by atoms with E-state index in [1.54, 1.807) is 5.57 Å². The Bertz CT molecular complexity index is 876. The largest absolute Gasteiger partial charge is 4.00 e. The van der Waals surface area contributed by atoms with Crippen LogP contribution in [0.15, 0.2) is 59.7 Å². The molecule has 1 aliphatic carbocycles. The minimum Gasteiger partial charge on any atom is -1.00 e. The van der Waals surface area contributed by atoms with Gasteiger partial charge in [-0.2, -0.15) is 11.1 Å². The van der Waals surface area contributed by atoms with Gasteiger partial charge >= 0.3 is 26.2 Å². The van der Waals surface area contributed by atoms with E-state index in [1.165, 1.54) is 51.1 Å². The minimum absolute atomic E-state index is 0. The predicted molar refractivity (Wildman–Crippen MR) is 107 cm³/mol. The standard InChI is InChI=1S/C15H13.C9H13.2ClH.Zr/c1-10-3-5-14-12(7-10)9-13-8-11(2)4-6-15(13)14;1-3-8-6-5-7-9(8)4-2;;;/h3-9H,1-2H3;6H,3-4,7H2,1-2H3;2*1H;/q2*-1;;;+4/p-2. The molecular formula is C24H26Cl2Zr. The fourth-order valence-corrected chi connectivity index (χ4v) is 3.48. The third kappa shape index (κ3) is 6.12. The van der Waals surface area contributed by atoms with Gasteiger partial charge in [0.15, 0.2) is 0 Å². The molecule has 0 heterocycles. The van der Waals surface area contributed by atoms with Crippen LogP contribution in [0.25, 0.3) is 21.5 Å². The Morgan fingerprint density at radius 2 is 1.37 bits per heavy atom. The van der Waals surface area contributed by atoms with Crippen LogP contribution in [0.3, 0.4) is 0 Å². The molecule has 0 saturated carbocycles. The quantitative estimate of drug-likeness (QED) is 0.488. The van der Waals surface area contributed by atoms with E-state index in [1.807, 2.05) is 0 Å². The van der Waals surface area contributed by atoms with Gasteiger partial charge in [-0.15, -0.1) is 46.2 Å². The summed E-state index contributed by atoms with van der Waals surface area (Å²) in [7, 11) is 0. The van der Waals surface area contributed by atoms with Gasteiger partial charge in [-0.05, 0) is 13.8 Å². The van der Waals surface area contributed by atoms with Gasteiger partial charge in [-0.3, -0.25) is 6.08 Å². The molecule has 140 valence electrons. The summed E-state index contributed by atoms with van der Waals surface area (Å²) in [6.07, 6.45) is 8.82. The number of aryl methyl sites for hydroxylation is 2. The average molecular weight is 477 g/mol. The molecule has 0 amide bonds. The van der Waals surface area contributed by atoms with Gasteiger partial charge in [0, 0.05) is 0 Å². The van der Waals surface area contributed by atoms with Crippen molar-refractivity contribution < 1.29 is 51.0 Å². The number of benzene rings is 2. The molecule has 0 bridgehead atoms. The molecule has 0 aromatic heterocycles. The van der Waals surface area contributed by atoms with Crippen molar-refractivity contribution in [1.82, 2.24) is 0 Å². The molecule has 3 heteroatoms. The van der Waals surface area contributed by atoms with Crippen LogP contribution < -0.4 is 24.8 Å². The molecule has 0 spiro atoms. The Balaban J connectivity index is 0.000000498. The number of rotatable bonds is 2. The van der Waals surface area contributed by atoms with Gasteiger partial charge in [-0.25, -0.2) is 6.08 Å². The first-order chi connectivity index (χ1) is 11.6. The molecule has 0 radical (unpaired) electrons. The average Bonchev–Trinajstić information content (AvgIpc) is 3.17. The fourth-order valence-electron chi connectivity index (χ4n) is 3.48. The maximum atomic E-state index is 3.23. The molecule has 27 heavy (non-hydrogen) atoms. The van der Waals surface area contributed by atoms with Gasteiger partial charge in [0.25, 0.3) is 0 Å². The molecule has 0 saturated heterocycles. The van der Waals surface area contributed by atoms with E-state index in [0.717, 1.165) is 6.42 Å². The molecule has 3 aromatic rings. The Morgan fingerprint density at radius 3 is 1.78 bits per heavy atom. The summed E-state index contributed by atoms with van der Waals surface area (Å²) in [5, 5.41) is 5.46. The van der Waals surface area contributed by atoms with Crippen LogP contribution in [0.1, 0.15) is 44.2 Å². The van der Waals surface area contributed by atoms with Gasteiger partial charge in [0.05, 0.1) is 0 Å². The second-order valence-corrected chi connectivity index (χ2v) is 6.69. The van der Waals surface area contributed by atoms with E-state index >= 15 is 0 Å². The van der Waals surface area contributed by atoms with Crippen molar-refractivity contribution in [1.29, 1.82) is 0 Å². The Hall–Kier alpha value is -0.747. The number of hydrogen-bond donors (Lipinski definition) is 0. The van der Waals surface area contributed by atoms with E-state index in [-0.39, 0.29) is 51.0 Å². The minimum atomic E-state index is 0. The number of fused-ring (bicyclic) bond motifs is 3. The van der Waals surface area contributed by atoms with Crippen LogP contribution in [0.5, 0.6) is 0 Å². The van der Waals surface area contributed by atoms with E-state index < -0.39 is 0 Å². The Morgan fingerprint density at radius 1 is 0.852 bits per heavy atom. The first kappa shape index (κ1) is 26.3. The fraction of sp³-hybridized carbons (Fsp3) is 0.292. The molecule has 0 N–H and O–H groups in total. The molecule has 0 aliphatic heterocycles. The number of halogens is 2. The zero-order valence-electron chi connectivity index (χ0n) is 16.5. The van der Waals surface area contributed by atoms with Crippen LogP contribution in [0.4, 0.5) is 0 Å². The predicted octanol–water partition coefficient (Wildman–Crippen LogP) is 1.20. The van der Waals surface area contributed by atoms with Gasteiger partial charge in [-0.1, -0.05) is 62.1 Å². The van der Waals surface area contributed by atoms with E-state index in [2.05, 4.69) is 82.3 Å². The summed E-state index contributed by atoms with van der Waals surface area (Å²) in [5.74, 6) is 0. The van der Waals surface area contributed by atoms with E-state index in [0.29, 0.717) is 0 Å². The van der Waals surface area contributed by atoms with Crippen molar-refractivity contribution in [3.63, 3.8) is 0 Å². The topological polar surface area (TPSA) is 0 Å². The summed E-state index contributed by atoms with van der Waals surface area (Å²) in [6.45, 7) is 8.70. The van der Waals surface area contributed by atoms with Crippen molar-refractivity contribution in [3.05, 3.63) is 76.9 Å². The van der Waals surface area contributed by atoms with Crippen LogP contribution in [0.2, 0.25) is 0 Å². The maximum absolute atomic E-state index is 3.23. The Kier molecular flexibility index (Phi) is 11.6. The number of hydrogen-bond acceptors (Lipinski definition) is 0. The monoisotopic (exact) mass is 474 g/mol.